The number of nitro benzene ring substituents is 1. The highest BCUT2D eigenvalue weighted by atomic mass is 32.2. The fourth-order valence-corrected chi connectivity index (χ4v) is 7.52. The molecule has 16 heteroatoms. The molecule has 3 aromatic rings. The number of carbonyl (C=O) groups is 3. The monoisotopic (exact) mass is 575 g/mol. The SMILES string of the molecule is Cn1nnnc1SC1(C(=O)OCc2ccc([N+](=O)[O-])cc2)CS[C@@H]2C(NC(=O)Cc3cccs3)C(=O)N2C1. The molecule has 38 heavy (non-hydrogen) atoms. The number of nitro groups is 1. The number of nitrogens with one attached hydrogen (secondary N) is 1. The maximum absolute atomic E-state index is 13.5. The van der Waals surface area contributed by atoms with Crippen molar-refractivity contribution in [2.75, 3.05) is 12.3 Å². The number of amides is 2. The average molecular weight is 576 g/mol. The van der Waals surface area contributed by atoms with Crippen LogP contribution in [0.15, 0.2) is 46.9 Å². The highest BCUT2D eigenvalue weighted by Gasteiger charge is 2.58. The molecular weight excluding hydrogens is 554 g/mol. The van der Waals surface area contributed by atoms with Crippen LogP contribution in [0.4, 0.5) is 5.69 Å². The molecule has 2 aliphatic heterocycles. The zero-order chi connectivity index (χ0) is 26.9. The lowest BCUT2D eigenvalue weighted by atomic mass is 10.0. The number of tetrazole rings is 1. The quantitative estimate of drug-likeness (QED) is 0.170. The van der Waals surface area contributed by atoms with Gasteiger partial charge >= 0.3 is 5.97 Å². The molecule has 0 spiro atoms. The lowest BCUT2D eigenvalue weighted by Gasteiger charge is -2.53. The number of thioether (sulfide) groups is 2. The molecule has 198 valence electrons. The predicted molar refractivity (Wildman–Crippen MR) is 138 cm³/mol. The van der Waals surface area contributed by atoms with Gasteiger partial charge in [-0.3, -0.25) is 24.5 Å². The van der Waals surface area contributed by atoms with Crippen molar-refractivity contribution in [2.24, 2.45) is 7.05 Å². The zero-order valence-corrected chi connectivity index (χ0v) is 22.3. The number of esters is 1. The number of carbonyl (C=O) groups excluding carboxylic acids is 3. The maximum Gasteiger partial charge on any atom is 0.325 e. The van der Waals surface area contributed by atoms with E-state index in [9.17, 15) is 24.5 Å². The maximum atomic E-state index is 13.5. The second-order valence-electron chi connectivity index (χ2n) is 8.65. The summed E-state index contributed by atoms with van der Waals surface area (Å²) in [4.78, 5) is 51.8. The Morgan fingerprint density at radius 3 is 2.76 bits per heavy atom. The molecule has 2 aromatic heterocycles. The summed E-state index contributed by atoms with van der Waals surface area (Å²) >= 11 is 3.97. The third-order valence-electron chi connectivity index (χ3n) is 6.04. The lowest BCUT2D eigenvalue weighted by molar-refractivity contribution is -0.384. The van der Waals surface area contributed by atoms with Gasteiger partial charge in [0.25, 0.3) is 5.69 Å². The van der Waals surface area contributed by atoms with Crippen LogP contribution in [0.2, 0.25) is 0 Å². The van der Waals surface area contributed by atoms with E-state index in [1.54, 1.807) is 11.9 Å². The van der Waals surface area contributed by atoms with Crippen molar-refractivity contribution < 1.29 is 24.0 Å². The van der Waals surface area contributed by atoms with Crippen LogP contribution in [-0.4, -0.2) is 76.3 Å². The van der Waals surface area contributed by atoms with E-state index in [0.29, 0.717) is 10.7 Å². The first kappa shape index (κ1) is 26.1. The number of aromatic nitrogens is 4. The first-order valence-electron chi connectivity index (χ1n) is 11.3. The van der Waals surface area contributed by atoms with Crippen LogP contribution in [0.1, 0.15) is 10.4 Å². The van der Waals surface area contributed by atoms with E-state index < -0.39 is 21.7 Å². The van der Waals surface area contributed by atoms with Crippen molar-refractivity contribution in [2.45, 2.75) is 34.3 Å². The van der Waals surface area contributed by atoms with Crippen LogP contribution in [0.3, 0.4) is 0 Å². The average Bonchev–Trinajstić information content (AvgIpc) is 3.57. The van der Waals surface area contributed by atoms with Gasteiger partial charge in [-0.05, 0) is 39.6 Å². The molecule has 4 heterocycles. The van der Waals surface area contributed by atoms with E-state index in [0.717, 1.165) is 16.6 Å². The summed E-state index contributed by atoms with van der Waals surface area (Å²) in [6.07, 6.45) is 0.201. The van der Waals surface area contributed by atoms with Gasteiger partial charge in [-0.2, -0.15) is 0 Å². The summed E-state index contributed by atoms with van der Waals surface area (Å²) in [5.74, 6) is -0.779. The number of β-lactam (4-membered cyclic amide) rings is 1. The van der Waals surface area contributed by atoms with Gasteiger partial charge in [-0.1, -0.05) is 17.8 Å². The second kappa shape index (κ2) is 10.7. The molecule has 0 aliphatic carbocycles. The number of ether oxygens (including phenoxy) is 1. The third kappa shape index (κ3) is 5.23. The summed E-state index contributed by atoms with van der Waals surface area (Å²) in [7, 11) is 1.64. The smallest absolute Gasteiger partial charge is 0.325 e. The molecular formula is C22H21N7O6S3. The van der Waals surface area contributed by atoms with Crippen LogP contribution < -0.4 is 5.32 Å². The first-order valence-corrected chi connectivity index (χ1v) is 14.1. The summed E-state index contributed by atoms with van der Waals surface area (Å²) < 4.78 is 5.85. The number of non-ortho nitro benzene ring substituents is 1. The van der Waals surface area contributed by atoms with E-state index in [-0.39, 0.29) is 48.2 Å². The van der Waals surface area contributed by atoms with Crippen LogP contribution in [0.5, 0.6) is 0 Å². The van der Waals surface area contributed by atoms with Crippen LogP contribution >= 0.6 is 34.9 Å². The Labute approximate surface area is 228 Å². The van der Waals surface area contributed by atoms with Gasteiger partial charge in [0.05, 0.1) is 11.3 Å². The Morgan fingerprint density at radius 1 is 1.32 bits per heavy atom. The van der Waals surface area contributed by atoms with Crippen molar-refractivity contribution in [3.63, 3.8) is 0 Å². The Hall–Kier alpha value is -3.50. The minimum Gasteiger partial charge on any atom is -0.460 e. The number of rotatable bonds is 9. The Kier molecular flexibility index (Phi) is 7.36. The van der Waals surface area contributed by atoms with E-state index in [1.165, 1.54) is 52.0 Å². The molecule has 1 N–H and O–H groups in total. The largest absolute Gasteiger partial charge is 0.460 e. The summed E-state index contributed by atoms with van der Waals surface area (Å²) in [5, 5.41) is 27.1. The molecule has 0 radical (unpaired) electrons. The number of benzene rings is 1. The molecule has 3 atom stereocenters. The third-order valence-corrected chi connectivity index (χ3v) is 9.99. The number of nitrogens with zero attached hydrogens (tertiary/aromatic N) is 6. The highest BCUT2D eigenvalue weighted by molar-refractivity contribution is 8.04. The molecule has 2 amide bonds. The standard InChI is InChI=1S/C22H21N7O6S3/c1-27-21(24-25-26-27)38-22(20(32)35-10-13-4-6-14(7-5-13)29(33)34)11-28-18(31)17(19(28)37-12-22)23-16(30)9-15-3-2-8-36-15/h2-8,17,19H,9-12H2,1H3,(H,23,30)/t17?,19-,22?/m1/s1. The van der Waals surface area contributed by atoms with Gasteiger partial charge < -0.3 is 15.0 Å². The van der Waals surface area contributed by atoms with Crippen molar-refractivity contribution in [3.05, 3.63) is 62.3 Å². The van der Waals surface area contributed by atoms with Gasteiger partial charge in [-0.15, -0.1) is 28.2 Å². The van der Waals surface area contributed by atoms with E-state index >= 15 is 0 Å². The Morgan fingerprint density at radius 2 is 2.11 bits per heavy atom. The molecule has 2 saturated heterocycles. The van der Waals surface area contributed by atoms with Crippen LogP contribution in [0, 0.1) is 10.1 Å². The van der Waals surface area contributed by atoms with Gasteiger partial charge in [-0.25, -0.2) is 4.68 Å². The van der Waals surface area contributed by atoms with Crippen LogP contribution in [-0.2, 0) is 39.2 Å². The molecule has 2 aliphatic rings. The van der Waals surface area contributed by atoms with Gasteiger partial charge in [0, 0.05) is 36.4 Å². The van der Waals surface area contributed by atoms with Gasteiger partial charge in [0.1, 0.15) is 22.8 Å². The first-order chi connectivity index (χ1) is 18.3. The molecule has 2 fully saturated rings. The topological polar surface area (TPSA) is 162 Å². The lowest BCUT2D eigenvalue weighted by Crippen LogP contribution is -2.74. The molecule has 0 bridgehead atoms. The molecule has 1 aromatic carbocycles. The van der Waals surface area contributed by atoms with E-state index in [4.69, 9.17) is 4.74 Å². The fourth-order valence-electron chi connectivity index (χ4n) is 4.05. The molecule has 5 rings (SSSR count). The van der Waals surface area contributed by atoms with E-state index in [1.807, 2.05) is 17.5 Å². The zero-order valence-electron chi connectivity index (χ0n) is 19.9. The summed E-state index contributed by atoms with van der Waals surface area (Å²) in [6, 6.07) is 8.78. The Bertz CT molecular complexity index is 1370. The van der Waals surface area contributed by atoms with Gasteiger partial charge in [0.2, 0.25) is 17.0 Å². The normalized spacial score (nSPS) is 22.3. The Balaban J connectivity index is 1.27. The van der Waals surface area contributed by atoms with Crippen molar-refractivity contribution in [1.82, 2.24) is 30.4 Å². The molecule has 2 unspecified atom stereocenters. The number of fused-ring (bicyclic) bond motifs is 1. The molecule has 0 saturated carbocycles. The minimum atomic E-state index is -1.20. The molecule has 13 nitrogen and oxygen atoms in total. The number of hydrogen-bond acceptors (Lipinski definition) is 12. The number of thiophene rings is 1. The van der Waals surface area contributed by atoms with Crippen LogP contribution in [0.25, 0.3) is 0 Å². The minimum absolute atomic E-state index is 0.0530. The number of hydrogen-bond donors (Lipinski definition) is 1. The highest BCUT2D eigenvalue weighted by Crippen LogP contribution is 2.46. The van der Waals surface area contributed by atoms with E-state index in [2.05, 4.69) is 20.8 Å². The fraction of sp³-hybridized carbons (Fsp3) is 0.364. The van der Waals surface area contributed by atoms with Gasteiger partial charge in [0.15, 0.2) is 0 Å². The predicted octanol–water partition coefficient (Wildman–Crippen LogP) is 1.40. The van der Waals surface area contributed by atoms with Crippen molar-refractivity contribution in [1.29, 1.82) is 0 Å². The van der Waals surface area contributed by atoms with Crippen molar-refractivity contribution >= 4 is 58.3 Å². The second-order valence-corrected chi connectivity index (χ2v) is 12.1. The number of aryl methyl sites for hydroxylation is 1. The summed E-state index contributed by atoms with van der Waals surface area (Å²) in [5.41, 5.74) is 0.518. The van der Waals surface area contributed by atoms with Crippen molar-refractivity contribution in [3.8, 4) is 0 Å². The summed E-state index contributed by atoms with van der Waals surface area (Å²) in [6.45, 7) is -0.0446.